The van der Waals surface area contributed by atoms with E-state index in [9.17, 15) is 14.9 Å². The zero-order valence-electron chi connectivity index (χ0n) is 10.8. The number of hydrogen-bond acceptors (Lipinski definition) is 5. The zero-order chi connectivity index (χ0) is 14.4. The van der Waals surface area contributed by atoms with Gasteiger partial charge in [0, 0.05) is 12.6 Å². The lowest BCUT2D eigenvalue weighted by atomic mass is 10.2. The minimum absolute atomic E-state index is 0.0213. The number of carboxylic acid groups (broad SMARTS) is 1. The molecule has 0 aromatic heterocycles. The summed E-state index contributed by atoms with van der Waals surface area (Å²) in [4.78, 5) is 21.2. The molecule has 1 aromatic carbocycles. The first-order valence-electron chi connectivity index (χ1n) is 5.81. The molecule has 1 atom stereocenters. The number of nitro groups is 1. The molecule has 1 aromatic rings. The average molecular weight is 268 g/mol. The van der Waals surface area contributed by atoms with Gasteiger partial charge in [-0.15, -0.1) is 0 Å². The second kappa shape index (κ2) is 6.69. The summed E-state index contributed by atoms with van der Waals surface area (Å²) in [5, 5.41) is 22.7. The molecule has 7 heteroatoms. The fourth-order valence-electron chi connectivity index (χ4n) is 1.58. The first-order chi connectivity index (χ1) is 8.99. The van der Waals surface area contributed by atoms with Crippen molar-refractivity contribution in [3.8, 4) is 5.75 Å². The van der Waals surface area contributed by atoms with Crippen molar-refractivity contribution < 1.29 is 19.6 Å². The molecule has 0 saturated heterocycles. The van der Waals surface area contributed by atoms with Gasteiger partial charge >= 0.3 is 11.7 Å². The summed E-state index contributed by atoms with van der Waals surface area (Å²) < 4.78 is 5.24. The SMILES string of the molecule is CCC(Oc1cc(CNC)ccc1[N+](=O)[O-])C(=O)O. The van der Waals surface area contributed by atoms with Gasteiger partial charge in [0.25, 0.3) is 0 Å². The lowest BCUT2D eigenvalue weighted by molar-refractivity contribution is -0.386. The number of ether oxygens (including phenoxy) is 1. The highest BCUT2D eigenvalue weighted by molar-refractivity contribution is 5.73. The number of benzene rings is 1. The predicted octanol–water partition coefficient (Wildman–Crippen LogP) is 1.56. The molecule has 0 amide bonds. The standard InChI is InChI=1S/C12H16N2O5/c1-3-10(12(15)16)19-11-6-8(7-13-2)4-5-9(11)14(17)18/h4-6,10,13H,3,7H2,1-2H3,(H,15,16). The average Bonchev–Trinajstić information content (AvgIpc) is 2.35. The van der Waals surface area contributed by atoms with Crippen molar-refractivity contribution in [3.05, 3.63) is 33.9 Å². The van der Waals surface area contributed by atoms with Crippen LogP contribution in [0, 0.1) is 10.1 Å². The Morgan fingerprint density at radius 2 is 2.26 bits per heavy atom. The molecule has 0 radical (unpaired) electrons. The molecule has 2 N–H and O–H groups in total. The van der Waals surface area contributed by atoms with Gasteiger partial charge in [-0.1, -0.05) is 13.0 Å². The second-order valence-electron chi connectivity index (χ2n) is 3.94. The highest BCUT2D eigenvalue weighted by atomic mass is 16.6. The summed E-state index contributed by atoms with van der Waals surface area (Å²) in [6, 6.07) is 4.40. The van der Waals surface area contributed by atoms with Gasteiger partial charge in [0.05, 0.1) is 4.92 Å². The van der Waals surface area contributed by atoms with E-state index in [1.807, 2.05) is 0 Å². The van der Waals surface area contributed by atoms with E-state index in [4.69, 9.17) is 9.84 Å². The predicted molar refractivity (Wildman–Crippen MR) is 68.2 cm³/mol. The van der Waals surface area contributed by atoms with Crippen molar-refractivity contribution in [2.24, 2.45) is 0 Å². The summed E-state index contributed by atoms with van der Waals surface area (Å²) >= 11 is 0. The van der Waals surface area contributed by atoms with Crippen molar-refractivity contribution in [3.63, 3.8) is 0 Å². The van der Waals surface area contributed by atoms with Gasteiger partial charge in [0.15, 0.2) is 11.9 Å². The summed E-state index contributed by atoms with van der Waals surface area (Å²) in [7, 11) is 1.74. The van der Waals surface area contributed by atoms with Crippen molar-refractivity contribution >= 4 is 11.7 Å². The minimum Gasteiger partial charge on any atom is -0.479 e. The number of nitro benzene ring substituents is 1. The van der Waals surface area contributed by atoms with Crippen molar-refractivity contribution in [1.29, 1.82) is 0 Å². The third kappa shape index (κ3) is 3.92. The topological polar surface area (TPSA) is 102 Å². The van der Waals surface area contributed by atoms with Gasteiger partial charge in [-0.2, -0.15) is 0 Å². The number of nitrogens with zero attached hydrogens (tertiary/aromatic N) is 1. The number of carbonyl (C=O) groups is 1. The molecule has 0 heterocycles. The molecular weight excluding hydrogens is 252 g/mol. The molecule has 19 heavy (non-hydrogen) atoms. The van der Waals surface area contributed by atoms with E-state index >= 15 is 0 Å². The summed E-state index contributed by atoms with van der Waals surface area (Å²) in [5.74, 6) is -1.16. The van der Waals surface area contributed by atoms with Crippen molar-refractivity contribution in [2.75, 3.05) is 7.05 Å². The summed E-state index contributed by atoms with van der Waals surface area (Å²) in [6.07, 6.45) is -0.869. The molecule has 1 rings (SSSR count). The van der Waals surface area contributed by atoms with Crippen molar-refractivity contribution in [1.82, 2.24) is 5.32 Å². The molecule has 0 aliphatic heterocycles. The lowest BCUT2D eigenvalue weighted by Crippen LogP contribution is -2.26. The maximum atomic E-state index is 10.9. The van der Waals surface area contributed by atoms with E-state index in [1.165, 1.54) is 12.1 Å². The Balaban J connectivity index is 3.09. The molecule has 0 fully saturated rings. The van der Waals surface area contributed by atoms with Crippen LogP contribution in [-0.4, -0.2) is 29.2 Å². The van der Waals surface area contributed by atoms with Crippen LogP contribution < -0.4 is 10.1 Å². The number of nitrogens with one attached hydrogen (secondary N) is 1. The van der Waals surface area contributed by atoms with Crippen LogP contribution in [0.25, 0.3) is 0 Å². The van der Waals surface area contributed by atoms with Gasteiger partial charge < -0.3 is 15.2 Å². The van der Waals surface area contributed by atoms with Crippen LogP contribution in [-0.2, 0) is 11.3 Å². The molecule has 1 unspecified atom stereocenters. The molecule has 7 nitrogen and oxygen atoms in total. The number of aliphatic carboxylic acids is 1. The Hall–Kier alpha value is -2.15. The molecule has 0 spiro atoms. The van der Waals surface area contributed by atoms with E-state index in [0.717, 1.165) is 5.56 Å². The summed E-state index contributed by atoms with van der Waals surface area (Å²) in [6.45, 7) is 2.15. The van der Waals surface area contributed by atoms with Crippen LogP contribution >= 0.6 is 0 Å². The Morgan fingerprint density at radius 1 is 1.58 bits per heavy atom. The fourth-order valence-corrected chi connectivity index (χ4v) is 1.58. The Kier molecular flexibility index (Phi) is 5.25. The van der Waals surface area contributed by atoms with Gasteiger partial charge in [-0.05, 0) is 25.1 Å². The van der Waals surface area contributed by atoms with E-state index in [1.54, 1.807) is 20.0 Å². The van der Waals surface area contributed by atoms with Gasteiger partial charge in [-0.3, -0.25) is 10.1 Å². The monoisotopic (exact) mass is 268 g/mol. The third-order valence-corrected chi connectivity index (χ3v) is 2.52. The summed E-state index contributed by atoms with van der Waals surface area (Å²) in [5.41, 5.74) is 0.544. The minimum atomic E-state index is -1.14. The van der Waals surface area contributed by atoms with Crippen LogP contribution in [0.3, 0.4) is 0 Å². The zero-order valence-corrected chi connectivity index (χ0v) is 10.8. The first-order valence-corrected chi connectivity index (χ1v) is 5.81. The number of carboxylic acids is 1. The maximum absolute atomic E-state index is 10.9. The largest absolute Gasteiger partial charge is 0.479 e. The van der Waals surface area contributed by atoms with Crippen LogP contribution in [0.5, 0.6) is 5.75 Å². The van der Waals surface area contributed by atoms with Crippen molar-refractivity contribution in [2.45, 2.75) is 26.0 Å². The van der Waals surface area contributed by atoms with Gasteiger partial charge in [-0.25, -0.2) is 4.79 Å². The van der Waals surface area contributed by atoms with Gasteiger partial charge in [0.2, 0.25) is 0 Å². The van der Waals surface area contributed by atoms with E-state index in [0.29, 0.717) is 6.54 Å². The Labute approximate surface area is 110 Å². The first kappa shape index (κ1) is 14.9. The molecule has 0 saturated carbocycles. The van der Waals surface area contributed by atoms with Crippen LogP contribution in [0.1, 0.15) is 18.9 Å². The van der Waals surface area contributed by atoms with E-state index in [-0.39, 0.29) is 17.9 Å². The Bertz CT molecular complexity index is 475. The van der Waals surface area contributed by atoms with Crippen LogP contribution in [0.15, 0.2) is 18.2 Å². The number of hydrogen-bond donors (Lipinski definition) is 2. The highest BCUT2D eigenvalue weighted by Crippen LogP contribution is 2.29. The smallest absolute Gasteiger partial charge is 0.344 e. The second-order valence-corrected chi connectivity index (χ2v) is 3.94. The molecule has 104 valence electrons. The quantitative estimate of drug-likeness (QED) is 0.574. The number of rotatable bonds is 7. The molecule has 0 aliphatic carbocycles. The Morgan fingerprint density at radius 3 is 2.74 bits per heavy atom. The molecule has 0 aliphatic rings. The normalized spacial score (nSPS) is 11.9. The molecule has 0 bridgehead atoms. The van der Waals surface area contributed by atoms with E-state index < -0.39 is 17.0 Å². The molecular formula is C12H16N2O5. The third-order valence-electron chi connectivity index (χ3n) is 2.52. The van der Waals surface area contributed by atoms with Crippen LogP contribution in [0.4, 0.5) is 5.69 Å². The van der Waals surface area contributed by atoms with E-state index in [2.05, 4.69) is 5.32 Å². The highest BCUT2D eigenvalue weighted by Gasteiger charge is 2.23. The lowest BCUT2D eigenvalue weighted by Gasteiger charge is -2.14. The maximum Gasteiger partial charge on any atom is 0.344 e. The van der Waals surface area contributed by atoms with Gasteiger partial charge in [0.1, 0.15) is 0 Å². The van der Waals surface area contributed by atoms with Crippen LogP contribution in [0.2, 0.25) is 0 Å². The fraction of sp³-hybridized carbons (Fsp3) is 0.417.